The van der Waals surface area contributed by atoms with Gasteiger partial charge in [-0.1, -0.05) is 18.2 Å². The topological polar surface area (TPSA) is 67.9 Å². The molecule has 6 heteroatoms. The van der Waals surface area contributed by atoms with Crippen molar-refractivity contribution in [1.29, 1.82) is 0 Å². The van der Waals surface area contributed by atoms with Gasteiger partial charge in [0.2, 0.25) is 11.8 Å². The van der Waals surface area contributed by atoms with Gasteiger partial charge in [0.25, 0.3) is 0 Å². The number of carbonyl (C=O) groups is 2. The minimum atomic E-state index is -0.987. The molecule has 1 heterocycles. The minimum absolute atomic E-state index is 0.147. The molecular formula is C21H22N2O4. The fourth-order valence-corrected chi connectivity index (χ4v) is 3.34. The fraction of sp³-hybridized carbons (Fsp3) is 0.333. The van der Waals surface area contributed by atoms with Gasteiger partial charge in [-0.25, -0.2) is 0 Å². The molecule has 0 spiro atoms. The van der Waals surface area contributed by atoms with Crippen LogP contribution in [0.3, 0.4) is 0 Å². The molecule has 1 aliphatic carbocycles. The van der Waals surface area contributed by atoms with Gasteiger partial charge in [-0.2, -0.15) is 0 Å². The Morgan fingerprint density at radius 3 is 2.41 bits per heavy atom. The van der Waals surface area contributed by atoms with Crippen molar-refractivity contribution in [3.05, 3.63) is 48.5 Å². The van der Waals surface area contributed by atoms with Crippen LogP contribution in [0.15, 0.2) is 48.5 Å². The number of anilines is 2. The smallest absolute Gasteiger partial charge is 0.242 e. The monoisotopic (exact) mass is 366 g/mol. The molecule has 0 atom stereocenters. The fourth-order valence-electron chi connectivity index (χ4n) is 3.34. The summed E-state index contributed by atoms with van der Waals surface area (Å²) in [5.41, 5.74) is 0.425. The number of ether oxygens (including phenoxy) is 2. The lowest BCUT2D eigenvalue weighted by Crippen LogP contribution is -2.43. The van der Waals surface area contributed by atoms with E-state index in [0.717, 1.165) is 5.69 Å². The molecule has 2 aliphatic rings. The Morgan fingerprint density at radius 1 is 1.04 bits per heavy atom. The molecule has 1 aliphatic heterocycles. The van der Waals surface area contributed by atoms with Crippen LogP contribution in [0.4, 0.5) is 11.4 Å². The first kappa shape index (κ1) is 17.4. The van der Waals surface area contributed by atoms with Crippen molar-refractivity contribution >= 4 is 23.2 Å². The first-order valence-corrected chi connectivity index (χ1v) is 9.22. The van der Waals surface area contributed by atoms with Crippen molar-refractivity contribution in [2.75, 3.05) is 30.0 Å². The molecular weight excluding hydrogens is 344 g/mol. The molecule has 1 fully saturated rings. The standard InChI is InChI=1S/C21H22N2O4/c1-2-23(16-6-4-3-5-7-16)20(25)21(10-11-21)19(24)22-15-8-9-17-18(14-15)27-13-12-26-17/h3-9,14H,2,10-13H2,1H3,(H,22,24). The first-order valence-electron chi connectivity index (χ1n) is 9.22. The van der Waals surface area contributed by atoms with E-state index in [9.17, 15) is 9.59 Å². The zero-order valence-electron chi connectivity index (χ0n) is 15.2. The van der Waals surface area contributed by atoms with E-state index in [4.69, 9.17) is 9.47 Å². The van der Waals surface area contributed by atoms with Crippen molar-refractivity contribution in [3.63, 3.8) is 0 Å². The SMILES string of the molecule is CCN(C(=O)C1(C(=O)Nc2ccc3c(c2)OCCO3)CC1)c1ccccc1. The summed E-state index contributed by atoms with van der Waals surface area (Å²) in [5.74, 6) is 0.859. The van der Waals surface area contributed by atoms with Gasteiger partial charge < -0.3 is 19.7 Å². The second-order valence-corrected chi connectivity index (χ2v) is 6.78. The van der Waals surface area contributed by atoms with Crippen LogP contribution in [0.5, 0.6) is 11.5 Å². The Hall–Kier alpha value is -3.02. The van der Waals surface area contributed by atoms with Gasteiger partial charge in [-0.15, -0.1) is 0 Å². The largest absolute Gasteiger partial charge is 0.486 e. The van der Waals surface area contributed by atoms with Crippen LogP contribution >= 0.6 is 0 Å². The maximum absolute atomic E-state index is 13.1. The molecule has 2 amide bonds. The summed E-state index contributed by atoms with van der Waals surface area (Å²) in [5, 5.41) is 2.88. The number of hydrogen-bond acceptors (Lipinski definition) is 4. The van der Waals surface area contributed by atoms with E-state index in [0.29, 0.717) is 49.8 Å². The highest BCUT2D eigenvalue weighted by Gasteiger charge is 2.58. The molecule has 6 nitrogen and oxygen atoms in total. The van der Waals surface area contributed by atoms with E-state index in [-0.39, 0.29) is 11.8 Å². The van der Waals surface area contributed by atoms with Gasteiger partial charge in [-0.05, 0) is 44.0 Å². The average molecular weight is 366 g/mol. The van der Waals surface area contributed by atoms with Crippen molar-refractivity contribution < 1.29 is 19.1 Å². The molecule has 0 saturated heterocycles. The molecule has 1 N–H and O–H groups in total. The predicted octanol–water partition coefficient (Wildman–Crippen LogP) is 3.23. The third-order valence-electron chi connectivity index (χ3n) is 5.02. The Balaban J connectivity index is 1.52. The minimum Gasteiger partial charge on any atom is -0.486 e. The maximum Gasteiger partial charge on any atom is 0.242 e. The van der Waals surface area contributed by atoms with E-state index in [1.807, 2.05) is 37.3 Å². The Morgan fingerprint density at radius 2 is 1.74 bits per heavy atom. The normalized spacial score (nSPS) is 16.3. The summed E-state index contributed by atoms with van der Waals surface area (Å²) in [6.07, 6.45) is 1.12. The average Bonchev–Trinajstić information content (AvgIpc) is 3.51. The summed E-state index contributed by atoms with van der Waals surface area (Å²) < 4.78 is 11.1. The summed E-state index contributed by atoms with van der Waals surface area (Å²) in [4.78, 5) is 27.7. The molecule has 0 radical (unpaired) electrons. The van der Waals surface area contributed by atoms with Crippen molar-refractivity contribution in [1.82, 2.24) is 0 Å². The van der Waals surface area contributed by atoms with Crippen LogP contribution in [0, 0.1) is 5.41 Å². The Kier molecular flexibility index (Phi) is 4.48. The zero-order valence-corrected chi connectivity index (χ0v) is 15.2. The molecule has 2 aromatic carbocycles. The number of para-hydroxylation sites is 1. The third kappa shape index (κ3) is 3.23. The lowest BCUT2D eigenvalue weighted by Gasteiger charge is -2.26. The van der Waals surface area contributed by atoms with E-state index < -0.39 is 5.41 Å². The van der Waals surface area contributed by atoms with Gasteiger partial charge >= 0.3 is 0 Å². The van der Waals surface area contributed by atoms with Crippen LogP contribution in [0.1, 0.15) is 19.8 Å². The van der Waals surface area contributed by atoms with Gasteiger partial charge in [0.15, 0.2) is 11.5 Å². The number of hydrogen-bond donors (Lipinski definition) is 1. The number of carbonyl (C=O) groups excluding carboxylic acids is 2. The third-order valence-corrected chi connectivity index (χ3v) is 5.02. The summed E-state index contributed by atoms with van der Waals surface area (Å²) in [6.45, 7) is 3.43. The Labute approximate surface area is 158 Å². The van der Waals surface area contributed by atoms with E-state index in [1.165, 1.54) is 0 Å². The highest BCUT2D eigenvalue weighted by atomic mass is 16.6. The van der Waals surface area contributed by atoms with Crippen LogP contribution in [-0.2, 0) is 9.59 Å². The lowest BCUT2D eigenvalue weighted by molar-refractivity contribution is -0.132. The number of rotatable bonds is 5. The lowest BCUT2D eigenvalue weighted by atomic mass is 10.0. The summed E-state index contributed by atoms with van der Waals surface area (Å²) in [7, 11) is 0. The molecule has 0 aromatic heterocycles. The van der Waals surface area contributed by atoms with Crippen molar-refractivity contribution in [2.24, 2.45) is 5.41 Å². The molecule has 1 saturated carbocycles. The second kappa shape index (κ2) is 6.95. The van der Waals surface area contributed by atoms with Crippen molar-refractivity contribution in [3.8, 4) is 11.5 Å². The molecule has 2 aromatic rings. The number of nitrogens with one attached hydrogen (secondary N) is 1. The van der Waals surface area contributed by atoms with Gasteiger partial charge in [0.1, 0.15) is 18.6 Å². The molecule has 0 unspecified atom stereocenters. The molecule has 140 valence electrons. The molecule has 4 rings (SSSR count). The molecule has 27 heavy (non-hydrogen) atoms. The number of benzene rings is 2. The van der Waals surface area contributed by atoms with Gasteiger partial charge in [0, 0.05) is 24.0 Å². The number of amides is 2. The highest BCUT2D eigenvalue weighted by Crippen LogP contribution is 2.49. The summed E-state index contributed by atoms with van der Waals surface area (Å²) >= 11 is 0. The highest BCUT2D eigenvalue weighted by molar-refractivity contribution is 6.17. The zero-order chi connectivity index (χ0) is 18.9. The Bertz CT molecular complexity index is 862. The van der Waals surface area contributed by atoms with Crippen LogP contribution in [-0.4, -0.2) is 31.6 Å². The quantitative estimate of drug-likeness (QED) is 0.825. The van der Waals surface area contributed by atoms with Gasteiger partial charge in [0.05, 0.1) is 0 Å². The predicted molar refractivity (Wildman–Crippen MR) is 102 cm³/mol. The summed E-state index contributed by atoms with van der Waals surface area (Å²) in [6, 6.07) is 14.7. The first-order chi connectivity index (χ1) is 13.1. The second-order valence-electron chi connectivity index (χ2n) is 6.78. The van der Waals surface area contributed by atoms with Gasteiger partial charge in [-0.3, -0.25) is 9.59 Å². The maximum atomic E-state index is 13.1. The van der Waals surface area contributed by atoms with E-state index >= 15 is 0 Å². The number of fused-ring (bicyclic) bond motifs is 1. The van der Waals surface area contributed by atoms with E-state index in [1.54, 1.807) is 23.1 Å². The van der Waals surface area contributed by atoms with Crippen LogP contribution in [0.2, 0.25) is 0 Å². The van der Waals surface area contributed by atoms with Crippen molar-refractivity contribution in [2.45, 2.75) is 19.8 Å². The van der Waals surface area contributed by atoms with Crippen LogP contribution in [0.25, 0.3) is 0 Å². The van der Waals surface area contributed by atoms with Crippen LogP contribution < -0.4 is 19.7 Å². The van der Waals surface area contributed by atoms with E-state index in [2.05, 4.69) is 5.32 Å². The molecule has 0 bridgehead atoms. The number of nitrogens with zero attached hydrogens (tertiary/aromatic N) is 1.